The number of carbonyl (C=O) groups is 2. The largest absolute Gasteiger partial charge is 0.493 e. The van der Waals surface area contributed by atoms with Crippen LogP contribution in [-0.4, -0.2) is 90.3 Å². The molecule has 4 saturated carbocycles. The number of benzene rings is 1. The number of hydrogen-bond donors (Lipinski definition) is 4. The maximum atomic E-state index is 13.9. The van der Waals surface area contributed by atoms with Crippen molar-refractivity contribution < 1.29 is 39.1 Å². The van der Waals surface area contributed by atoms with Gasteiger partial charge >= 0.3 is 0 Å². The maximum Gasteiger partial charge on any atom is 0.248 e. The maximum absolute atomic E-state index is 13.9. The zero-order chi connectivity index (χ0) is 30.7. The summed E-state index contributed by atoms with van der Waals surface area (Å²) in [5.41, 5.74) is 1.04. The highest BCUT2D eigenvalue weighted by Crippen LogP contribution is 2.60. The first-order chi connectivity index (χ1) is 20.7. The lowest BCUT2D eigenvalue weighted by molar-refractivity contribution is -0.151. The normalized spacial score (nSPS) is 31.0. The quantitative estimate of drug-likeness (QED) is 0.230. The van der Waals surface area contributed by atoms with Gasteiger partial charge in [-0.2, -0.15) is 0 Å². The van der Waals surface area contributed by atoms with Crippen LogP contribution in [0.4, 0.5) is 0 Å². The first-order valence-corrected chi connectivity index (χ1v) is 16.6. The van der Waals surface area contributed by atoms with E-state index < -0.39 is 18.2 Å². The number of aliphatic hydroxyl groups excluding tert-OH is 3. The molecule has 1 aromatic rings. The fraction of sp³-hybridized carbons (Fsp3) is 0.688. The van der Waals surface area contributed by atoms with E-state index in [0.29, 0.717) is 57.1 Å². The summed E-state index contributed by atoms with van der Waals surface area (Å²) in [5.74, 6) is 2.28. The lowest BCUT2D eigenvalue weighted by Crippen LogP contribution is -2.60. The van der Waals surface area contributed by atoms with E-state index in [2.05, 4.69) is 27.9 Å². The molecule has 0 heterocycles. The Balaban J connectivity index is 1.49. The van der Waals surface area contributed by atoms with Gasteiger partial charge in [-0.1, -0.05) is 0 Å². The molecule has 5 aliphatic carbocycles. The first kappa shape index (κ1) is 32.5. The van der Waals surface area contributed by atoms with Gasteiger partial charge in [0.25, 0.3) is 0 Å². The summed E-state index contributed by atoms with van der Waals surface area (Å²) in [6.07, 6.45) is 6.77. The van der Waals surface area contributed by atoms with E-state index in [1.165, 1.54) is 26.4 Å². The van der Waals surface area contributed by atoms with Gasteiger partial charge in [-0.25, -0.2) is 0 Å². The van der Waals surface area contributed by atoms with Crippen LogP contribution in [0.5, 0.6) is 11.5 Å². The molecule has 0 spiro atoms. The molecule has 1 aromatic carbocycles. The number of aliphatic hydroxyl groups is 3. The van der Waals surface area contributed by atoms with E-state index in [0.717, 1.165) is 19.3 Å². The van der Waals surface area contributed by atoms with Crippen molar-refractivity contribution in [2.24, 2.45) is 23.2 Å². The van der Waals surface area contributed by atoms with E-state index in [-0.39, 0.29) is 50.0 Å². The number of nitrogens with one attached hydrogen (secondary N) is 1. The Labute approximate surface area is 267 Å². The lowest BCUT2D eigenvalue weighted by atomic mass is 9.49. The highest BCUT2D eigenvalue weighted by atomic mass is 127. The second-order valence-corrected chi connectivity index (χ2v) is 14.0. The van der Waals surface area contributed by atoms with E-state index in [1.54, 1.807) is 23.1 Å². The monoisotopic (exact) mass is 712 g/mol. The van der Waals surface area contributed by atoms with Crippen LogP contribution in [0.25, 0.3) is 0 Å². The number of ether oxygens (including phenoxy) is 3. The van der Waals surface area contributed by atoms with Crippen LogP contribution >= 0.6 is 22.6 Å². The molecule has 2 amide bonds. The van der Waals surface area contributed by atoms with Gasteiger partial charge in [0, 0.05) is 31.7 Å². The van der Waals surface area contributed by atoms with Crippen LogP contribution in [0.3, 0.4) is 0 Å². The lowest BCUT2D eigenvalue weighted by Gasteiger charge is -2.58. The molecule has 5 aliphatic rings. The number of halogens is 1. The summed E-state index contributed by atoms with van der Waals surface area (Å²) in [5, 5.41) is 33.6. The standard InChI is InChI=1S/C32H45IN2O8/c1-3-42-17-28(38)35(18-32-13-19-6-20(14-32)8-21(7-19)15-32)25-11-23(31(40)34-4-5-36)12-26(29(25)39)43-30-24(33)9-22(16-37)10-27(30)41-2/h9-10,12,19-21,25-26,29,36-37,39H,3-8,11,13-18H2,1-2H3,(H,34,40)/t19?,20?,21?,25-,26+,29+,32?/m1/s1. The van der Waals surface area contributed by atoms with Gasteiger partial charge in [-0.3, -0.25) is 9.59 Å². The van der Waals surface area contributed by atoms with Crippen molar-refractivity contribution in [3.05, 3.63) is 32.9 Å². The Bertz CT molecular complexity index is 1170. The average molecular weight is 713 g/mol. The van der Waals surface area contributed by atoms with Crippen molar-refractivity contribution >= 4 is 34.4 Å². The van der Waals surface area contributed by atoms with Crippen LogP contribution in [0.2, 0.25) is 0 Å². The predicted molar refractivity (Wildman–Crippen MR) is 167 cm³/mol. The molecule has 4 N–H and O–H groups in total. The third-order valence-corrected chi connectivity index (χ3v) is 10.6. The number of amides is 2. The second-order valence-electron chi connectivity index (χ2n) is 12.9. The summed E-state index contributed by atoms with van der Waals surface area (Å²) in [7, 11) is 1.50. The Morgan fingerprint density at radius 3 is 2.37 bits per heavy atom. The summed E-state index contributed by atoms with van der Waals surface area (Å²) in [6.45, 7) is 2.38. The smallest absolute Gasteiger partial charge is 0.248 e. The van der Waals surface area contributed by atoms with Crippen molar-refractivity contribution in [1.29, 1.82) is 0 Å². The van der Waals surface area contributed by atoms with Gasteiger partial charge in [0.15, 0.2) is 11.5 Å². The Morgan fingerprint density at radius 1 is 1.12 bits per heavy atom. The molecular formula is C32H45IN2O8. The fourth-order valence-electron chi connectivity index (χ4n) is 8.40. The summed E-state index contributed by atoms with van der Waals surface area (Å²) in [6, 6.07) is 2.73. The van der Waals surface area contributed by atoms with Crippen LogP contribution in [0, 0.1) is 26.7 Å². The molecule has 11 heteroatoms. The zero-order valence-corrected chi connectivity index (χ0v) is 27.3. The van der Waals surface area contributed by atoms with E-state index in [9.17, 15) is 24.9 Å². The Kier molecular flexibility index (Phi) is 10.6. The highest BCUT2D eigenvalue weighted by molar-refractivity contribution is 14.1. The molecule has 0 unspecified atom stereocenters. The molecular weight excluding hydrogens is 667 g/mol. The third kappa shape index (κ3) is 7.16. The third-order valence-electron chi connectivity index (χ3n) is 9.76. The van der Waals surface area contributed by atoms with Crippen molar-refractivity contribution in [3.8, 4) is 11.5 Å². The van der Waals surface area contributed by atoms with Crippen LogP contribution in [0.15, 0.2) is 23.8 Å². The number of nitrogens with zero attached hydrogens (tertiary/aromatic N) is 1. The Morgan fingerprint density at radius 2 is 1.79 bits per heavy atom. The zero-order valence-electron chi connectivity index (χ0n) is 25.1. The minimum Gasteiger partial charge on any atom is -0.493 e. The van der Waals surface area contributed by atoms with Crippen LogP contribution in [0.1, 0.15) is 57.4 Å². The minimum absolute atomic E-state index is 0.00585. The van der Waals surface area contributed by atoms with Crippen molar-refractivity contribution in [3.63, 3.8) is 0 Å². The molecule has 4 fully saturated rings. The number of hydrogen-bond acceptors (Lipinski definition) is 8. The molecule has 6 rings (SSSR count). The molecule has 4 bridgehead atoms. The molecule has 0 aliphatic heterocycles. The molecule has 0 saturated heterocycles. The average Bonchev–Trinajstić information content (AvgIpc) is 2.98. The first-order valence-electron chi connectivity index (χ1n) is 15.5. The molecule has 10 nitrogen and oxygen atoms in total. The molecule has 238 valence electrons. The van der Waals surface area contributed by atoms with Gasteiger partial charge in [0.05, 0.1) is 29.9 Å². The number of carbonyl (C=O) groups excluding carboxylic acids is 2. The summed E-state index contributed by atoms with van der Waals surface area (Å²) in [4.78, 5) is 28.9. The molecule has 0 aromatic heterocycles. The summed E-state index contributed by atoms with van der Waals surface area (Å²) < 4.78 is 18.2. The van der Waals surface area contributed by atoms with E-state index in [4.69, 9.17) is 14.2 Å². The molecule has 3 atom stereocenters. The van der Waals surface area contributed by atoms with E-state index >= 15 is 0 Å². The topological polar surface area (TPSA) is 138 Å². The van der Waals surface area contributed by atoms with Crippen LogP contribution in [-0.2, 0) is 20.9 Å². The second kappa shape index (κ2) is 14.0. The van der Waals surface area contributed by atoms with Gasteiger partial charge in [0.1, 0.15) is 18.8 Å². The van der Waals surface area contributed by atoms with E-state index in [1.807, 2.05) is 6.92 Å². The number of methoxy groups -OCH3 is 1. The van der Waals surface area contributed by atoms with Crippen molar-refractivity contribution in [2.75, 3.05) is 40.0 Å². The SMILES string of the molecule is CCOCC(=O)N(CC12CC3CC(CC(C3)C1)C2)[C@@H]1CC(C(=O)NCCO)=C[C@H](Oc2c(I)cc(CO)cc2OC)[C@H]1O. The number of rotatable bonds is 13. The summed E-state index contributed by atoms with van der Waals surface area (Å²) >= 11 is 2.09. The highest BCUT2D eigenvalue weighted by Gasteiger charge is 2.53. The Hall–Kier alpha value is -1.93. The molecule has 43 heavy (non-hydrogen) atoms. The van der Waals surface area contributed by atoms with Gasteiger partial charge in [-0.05, 0) is 115 Å². The van der Waals surface area contributed by atoms with Crippen molar-refractivity contribution in [1.82, 2.24) is 10.2 Å². The fourth-order valence-corrected chi connectivity index (χ4v) is 9.20. The molecule has 0 radical (unpaired) electrons. The van der Waals surface area contributed by atoms with Crippen LogP contribution < -0.4 is 14.8 Å². The van der Waals surface area contributed by atoms with Gasteiger partial charge in [-0.15, -0.1) is 0 Å². The van der Waals surface area contributed by atoms with Gasteiger partial charge < -0.3 is 39.7 Å². The minimum atomic E-state index is -1.13. The van der Waals surface area contributed by atoms with Gasteiger partial charge in [0.2, 0.25) is 11.8 Å². The van der Waals surface area contributed by atoms with Crippen molar-refractivity contribution in [2.45, 2.75) is 76.7 Å². The predicted octanol–water partition coefficient (Wildman–Crippen LogP) is 2.79.